The van der Waals surface area contributed by atoms with Gasteiger partial charge in [-0.25, -0.2) is 9.59 Å². The van der Waals surface area contributed by atoms with E-state index in [4.69, 9.17) is 9.47 Å². The summed E-state index contributed by atoms with van der Waals surface area (Å²) < 4.78 is 10.4. The molecule has 5 nitrogen and oxygen atoms in total. The molecule has 6 heteroatoms. The smallest absolute Gasteiger partial charge is 0.411 e. The summed E-state index contributed by atoms with van der Waals surface area (Å²) in [7, 11) is 1.33. The van der Waals surface area contributed by atoms with Crippen LogP contribution < -0.4 is 0 Å². The highest BCUT2D eigenvalue weighted by atomic mass is 32.1. The molecule has 0 spiro atoms. The quantitative estimate of drug-likeness (QED) is 0.598. The van der Waals surface area contributed by atoms with Crippen molar-refractivity contribution in [1.82, 2.24) is 4.90 Å². The molecule has 2 aromatic rings. The van der Waals surface area contributed by atoms with Crippen LogP contribution in [0.3, 0.4) is 0 Å². The summed E-state index contributed by atoms with van der Waals surface area (Å²) >= 11 is 4.41. The molecule has 1 aliphatic rings. The van der Waals surface area contributed by atoms with Gasteiger partial charge in [0.05, 0.1) is 13.7 Å². The third-order valence-corrected chi connectivity index (χ3v) is 4.90. The number of ether oxygens (including phenoxy) is 2. The fourth-order valence-electron chi connectivity index (χ4n) is 3.31. The SMILES string of the molecule is COC(=O)C1Cc2cc(-c3cccc(S)c3)ccc2CN1C(=O)OC(C)(C)C. The number of esters is 1. The molecule has 0 fully saturated rings. The lowest BCUT2D eigenvalue weighted by atomic mass is 9.91. The van der Waals surface area contributed by atoms with Crippen LogP contribution in [0.25, 0.3) is 11.1 Å². The molecule has 148 valence electrons. The van der Waals surface area contributed by atoms with E-state index in [1.807, 2.05) is 36.4 Å². The van der Waals surface area contributed by atoms with E-state index in [2.05, 4.69) is 18.7 Å². The first-order valence-electron chi connectivity index (χ1n) is 9.16. The average molecular weight is 400 g/mol. The fourth-order valence-corrected chi connectivity index (χ4v) is 3.53. The van der Waals surface area contributed by atoms with Crippen LogP contribution in [0.1, 0.15) is 31.9 Å². The van der Waals surface area contributed by atoms with Crippen molar-refractivity contribution in [3.8, 4) is 11.1 Å². The average Bonchev–Trinajstić information content (AvgIpc) is 2.64. The predicted octanol–water partition coefficient (Wildman–Crippen LogP) is 4.48. The Morgan fingerprint density at radius 1 is 1.07 bits per heavy atom. The lowest BCUT2D eigenvalue weighted by Crippen LogP contribution is -2.50. The van der Waals surface area contributed by atoms with Crippen molar-refractivity contribution >= 4 is 24.7 Å². The van der Waals surface area contributed by atoms with Gasteiger partial charge in [-0.15, -0.1) is 12.6 Å². The number of rotatable bonds is 2. The van der Waals surface area contributed by atoms with Crippen molar-refractivity contribution in [3.63, 3.8) is 0 Å². The van der Waals surface area contributed by atoms with E-state index in [1.54, 1.807) is 20.8 Å². The molecule has 0 aromatic heterocycles. The fraction of sp³-hybridized carbons (Fsp3) is 0.364. The minimum absolute atomic E-state index is 0.302. The molecule has 28 heavy (non-hydrogen) atoms. The summed E-state index contributed by atoms with van der Waals surface area (Å²) in [6.07, 6.45) is -0.129. The van der Waals surface area contributed by atoms with E-state index < -0.39 is 23.7 Å². The van der Waals surface area contributed by atoms with Crippen LogP contribution in [-0.4, -0.2) is 35.7 Å². The Morgan fingerprint density at radius 2 is 1.79 bits per heavy atom. The van der Waals surface area contributed by atoms with E-state index in [1.165, 1.54) is 12.0 Å². The summed E-state index contributed by atoms with van der Waals surface area (Å²) in [6, 6.07) is 13.3. The molecule has 0 aliphatic carbocycles. The first kappa shape index (κ1) is 20.3. The second-order valence-corrected chi connectivity index (χ2v) is 8.40. The van der Waals surface area contributed by atoms with Crippen molar-refractivity contribution in [3.05, 3.63) is 53.6 Å². The second-order valence-electron chi connectivity index (χ2n) is 7.89. The molecule has 1 unspecified atom stereocenters. The molecule has 3 rings (SSSR count). The van der Waals surface area contributed by atoms with Crippen LogP contribution in [-0.2, 0) is 27.2 Å². The van der Waals surface area contributed by atoms with Crippen molar-refractivity contribution in [2.75, 3.05) is 7.11 Å². The second kappa shape index (κ2) is 7.87. The maximum Gasteiger partial charge on any atom is 0.411 e. The van der Waals surface area contributed by atoms with Gasteiger partial charge in [0.2, 0.25) is 0 Å². The molecule has 1 aliphatic heterocycles. The number of fused-ring (bicyclic) bond motifs is 1. The first-order valence-corrected chi connectivity index (χ1v) is 9.61. The monoisotopic (exact) mass is 399 g/mol. The number of carbonyl (C=O) groups is 2. The number of methoxy groups -OCH3 is 1. The number of nitrogens with zero attached hydrogens (tertiary/aromatic N) is 1. The number of hydrogen-bond donors (Lipinski definition) is 1. The molecule has 0 saturated carbocycles. The minimum Gasteiger partial charge on any atom is -0.467 e. The van der Waals surface area contributed by atoms with Gasteiger partial charge in [0.25, 0.3) is 0 Å². The van der Waals surface area contributed by atoms with Gasteiger partial charge in [0, 0.05) is 11.3 Å². The van der Waals surface area contributed by atoms with Gasteiger partial charge in [-0.05, 0) is 55.2 Å². The third-order valence-electron chi connectivity index (χ3n) is 4.62. The lowest BCUT2D eigenvalue weighted by molar-refractivity contribution is -0.147. The summed E-state index contributed by atoms with van der Waals surface area (Å²) in [5.41, 5.74) is 3.48. The molecule has 2 aromatic carbocycles. The van der Waals surface area contributed by atoms with Gasteiger partial charge in [-0.2, -0.15) is 0 Å². The molecule has 0 radical (unpaired) electrons. The number of hydrogen-bond acceptors (Lipinski definition) is 5. The Kier molecular flexibility index (Phi) is 5.70. The van der Waals surface area contributed by atoms with E-state index >= 15 is 0 Å². The van der Waals surface area contributed by atoms with Gasteiger partial charge in [-0.1, -0.05) is 30.3 Å². The van der Waals surface area contributed by atoms with E-state index in [0.717, 1.165) is 27.1 Å². The van der Waals surface area contributed by atoms with Crippen LogP contribution in [0.5, 0.6) is 0 Å². The summed E-state index contributed by atoms with van der Waals surface area (Å²) in [5, 5.41) is 0. The number of amides is 1. The summed E-state index contributed by atoms with van der Waals surface area (Å²) in [6.45, 7) is 5.71. The zero-order valence-electron chi connectivity index (χ0n) is 16.6. The standard InChI is InChI=1S/C22H25NO4S/c1-22(2,3)27-21(25)23-13-16-9-8-15(14-6-5-7-18(28)11-14)10-17(16)12-19(23)20(24)26-4/h5-11,19,28H,12-13H2,1-4H3. The molecular weight excluding hydrogens is 374 g/mol. The van der Waals surface area contributed by atoms with Crippen molar-refractivity contribution < 1.29 is 19.1 Å². The van der Waals surface area contributed by atoms with Crippen molar-refractivity contribution in [1.29, 1.82) is 0 Å². The molecule has 1 atom stereocenters. The zero-order valence-corrected chi connectivity index (χ0v) is 17.5. The predicted molar refractivity (Wildman–Crippen MR) is 110 cm³/mol. The molecule has 0 N–H and O–H groups in total. The maximum absolute atomic E-state index is 12.7. The van der Waals surface area contributed by atoms with Crippen LogP contribution in [0.15, 0.2) is 47.4 Å². The third kappa shape index (κ3) is 4.50. The highest BCUT2D eigenvalue weighted by molar-refractivity contribution is 7.80. The van der Waals surface area contributed by atoms with Gasteiger partial charge in [-0.3, -0.25) is 4.90 Å². The molecule has 1 amide bonds. The molecular formula is C22H25NO4S. The molecule has 0 saturated heterocycles. The largest absolute Gasteiger partial charge is 0.467 e. The normalized spacial score (nSPS) is 16.3. The Bertz CT molecular complexity index is 904. The highest BCUT2D eigenvalue weighted by Crippen LogP contribution is 2.30. The van der Waals surface area contributed by atoms with E-state index in [0.29, 0.717) is 13.0 Å². The lowest BCUT2D eigenvalue weighted by Gasteiger charge is -2.36. The van der Waals surface area contributed by atoms with Gasteiger partial charge < -0.3 is 9.47 Å². The summed E-state index contributed by atoms with van der Waals surface area (Å²) in [5.74, 6) is -0.445. The van der Waals surface area contributed by atoms with Crippen LogP contribution in [0, 0.1) is 0 Å². The van der Waals surface area contributed by atoms with E-state index in [-0.39, 0.29) is 0 Å². The number of benzene rings is 2. The van der Waals surface area contributed by atoms with Crippen LogP contribution in [0.2, 0.25) is 0 Å². The first-order chi connectivity index (χ1) is 13.2. The Morgan fingerprint density at radius 3 is 2.43 bits per heavy atom. The van der Waals surface area contributed by atoms with Crippen LogP contribution in [0.4, 0.5) is 4.79 Å². The minimum atomic E-state index is -0.709. The summed E-state index contributed by atoms with van der Waals surface area (Å²) in [4.78, 5) is 27.4. The Balaban J connectivity index is 1.94. The molecule has 0 bridgehead atoms. The van der Waals surface area contributed by atoms with Crippen molar-refractivity contribution in [2.45, 2.75) is 50.3 Å². The van der Waals surface area contributed by atoms with Crippen LogP contribution >= 0.6 is 12.6 Å². The molecule has 1 heterocycles. The van der Waals surface area contributed by atoms with Gasteiger partial charge >= 0.3 is 12.1 Å². The Labute approximate surface area is 171 Å². The van der Waals surface area contributed by atoms with Gasteiger partial charge in [0.1, 0.15) is 11.6 Å². The zero-order chi connectivity index (χ0) is 20.5. The maximum atomic E-state index is 12.7. The number of carbonyl (C=O) groups excluding carboxylic acids is 2. The van der Waals surface area contributed by atoms with E-state index in [9.17, 15) is 9.59 Å². The van der Waals surface area contributed by atoms with Gasteiger partial charge in [0.15, 0.2) is 0 Å². The number of thiol groups is 1. The highest BCUT2D eigenvalue weighted by Gasteiger charge is 2.37. The Hall–Kier alpha value is -2.47. The van der Waals surface area contributed by atoms with Crippen molar-refractivity contribution in [2.24, 2.45) is 0 Å². The topological polar surface area (TPSA) is 55.8 Å².